The zero-order chi connectivity index (χ0) is 16.2. The largest absolute Gasteiger partial charge is 0.296 e. The minimum atomic E-state index is 0.605. The fourth-order valence-electron chi connectivity index (χ4n) is 3.55. The number of aryl methyl sites for hydroxylation is 3. The molecule has 0 bridgehead atoms. The van der Waals surface area contributed by atoms with E-state index < -0.39 is 0 Å². The van der Waals surface area contributed by atoms with E-state index in [-0.39, 0.29) is 0 Å². The lowest BCUT2D eigenvalue weighted by molar-refractivity contribution is 0.127. The van der Waals surface area contributed by atoms with Crippen LogP contribution in [0, 0.1) is 0 Å². The van der Waals surface area contributed by atoms with Gasteiger partial charge >= 0.3 is 0 Å². The fraction of sp³-hybridized carbons (Fsp3) is 0.647. The number of hydrogen-bond donors (Lipinski definition) is 0. The predicted molar refractivity (Wildman–Crippen MR) is 92.5 cm³/mol. The van der Waals surface area contributed by atoms with E-state index in [1.165, 1.54) is 24.8 Å². The Labute approximate surface area is 143 Å². The first-order chi connectivity index (χ1) is 11.2. The van der Waals surface area contributed by atoms with Crippen LogP contribution >= 0.6 is 11.6 Å². The summed E-state index contributed by atoms with van der Waals surface area (Å²) in [4.78, 5) is 2.59. The molecule has 2 aromatic heterocycles. The SMILES string of the molecule is CCc1nn(C)c(Cl)c1CN1CCCC[C@H]1CCn1cccn1. The van der Waals surface area contributed by atoms with Gasteiger partial charge in [-0.15, -0.1) is 0 Å². The summed E-state index contributed by atoms with van der Waals surface area (Å²) in [5, 5.41) is 9.66. The van der Waals surface area contributed by atoms with Gasteiger partial charge in [-0.05, 0) is 38.3 Å². The summed E-state index contributed by atoms with van der Waals surface area (Å²) in [6, 6.07) is 2.59. The maximum Gasteiger partial charge on any atom is 0.131 e. The third-order valence-electron chi connectivity index (χ3n) is 4.85. The van der Waals surface area contributed by atoms with Crippen molar-refractivity contribution in [1.82, 2.24) is 24.5 Å². The average Bonchev–Trinajstić information content (AvgIpc) is 3.17. The highest BCUT2D eigenvalue weighted by Crippen LogP contribution is 2.27. The van der Waals surface area contributed by atoms with Gasteiger partial charge in [0.15, 0.2) is 0 Å². The summed E-state index contributed by atoms with van der Waals surface area (Å²) >= 11 is 6.48. The van der Waals surface area contributed by atoms with Gasteiger partial charge in [-0.1, -0.05) is 24.9 Å². The Morgan fingerprint density at radius 2 is 2.22 bits per heavy atom. The summed E-state index contributed by atoms with van der Waals surface area (Å²) in [6.45, 7) is 5.20. The Morgan fingerprint density at radius 3 is 2.96 bits per heavy atom. The zero-order valence-electron chi connectivity index (χ0n) is 14.1. The molecule has 23 heavy (non-hydrogen) atoms. The highest BCUT2D eigenvalue weighted by atomic mass is 35.5. The molecule has 1 aliphatic heterocycles. The minimum Gasteiger partial charge on any atom is -0.296 e. The second-order valence-corrected chi connectivity index (χ2v) is 6.73. The number of nitrogens with zero attached hydrogens (tertiary/aromatic N) is 5. The predicted octanol–water partition coefficient (Wildman–Crippen LogP) is 3.28. The molecule has 1 fully saturated rings. The van der Waals surface area contributed by atoms with Crippen LogP contribution in [0.1, 0.15) is 43.9 Å². The van der Waals surface area contributed by atoms with E-state index in [1.807, 2.05) is 30.2 Å². The van der Waals surface area contributed by atoms with Gasteiger partial charge in [0.25, 0.3) is 0 Å². The number of hydrogen-bond acceptors (Lipinski definition) is 3. The summed E-state index contributed by atoms with van der Waals surface area (Å²) < 4.78 is 3.83. The van der Waals surface area contributed by atoms with E-state index in [0.717, 1.165) is 43.3 Å². The minimum absolute atomic E-state index is 0.605. The summed E-state index contributed by atoms with van der Waals surface area (Å²) in [7, 11) is 1.93. The first-order valence-electron chi connectivity index (χ1n) is 8.60. The summed E-state index contributed by atoms with van der Waals surface area (Å²) in [6.07, 6.45) is 9.82. The van der Waals surface area contributed by atoms with Gasteiger partial charge in [-0.2, -0.15) is 10.2 Å². The van der Waals surface area contributed by atoms with Crippen molar-refractivity contribution in [2.75, 3.05) is 6.54 Å². The molecule has 0 amide bonds. The van der Waals surface area contributed by atoms with Gasteiger partial charge in [-0.25, -0.2) is 0 Å². The quantitative estimate of drug-likeness (QED) is 0.813. The molecule has 3 rings (SSSR count). The molecule has 0 aromatic carbocycles. The Kier molecular flexibility index (Phi) is 5.38. The van der Waals surface area contributed by atoms with E-state index in [2.05, 4.69) is 22.0 Å². The van der Waals surface area contributed by atoms with E-state index in [9.17, 15) is 0 Å². The lowest BCUT2D eigenvalue weighted by Gasteiger charge is -2.35. The van der Waals surface area contributed by atoms with Crippen molar-refractivity contribution in [1.29, 1.82) is 0 Å². The molecule has 1 saturated heterocycles. The molecule has 0 aliphatic carbocycles. The van der Waals surface area contributed by atoms with Crippen LogP contribution in [-0.2, 0) is 26.6 Å². The standard InChI is InChI=1S/C17H26ClN5/c1-3-16-15(17(18)21(2)20-16)13-22-10-5-4-7-14(22)8-12-23-11-6-9-19-23/h6,9,11,14H,3-5,7-8,10,12-13H2,1-2H3/t14-/m0/s1. The summed E-state index contributed by atoms with van der Waals surface area (Å²) in [5.41, 5.74) is 2.34. The molecule has 0 saturated carbocycles. The number of piperidine rings is 1. The molecule has 0 N–H and O–H groups in total. The van der Waals surface area contributed by atoms with Crippen LogP contribution in [-0.4, -0.2) is 37.0 Å². The zero-order valence-corrected chi connectivity index (χ0v) is 14.8. The molecule has 6 heteroatoms. The number of rotatable bonds is 6. The van der Waals surface area contributed by atoms with Crippen molar-refractivity contribution in [3.8, 4) is 0 Å². The highest BCUT2D eigenvalue weighted by molar-refractivity contribution is 6.30. The highest BCUT2D eigenvalue weighted by Gasteiger charge is 2.25. The molecular weight excluding hydrogens is 310 g/mol. The average molecular weight is 336 g/mol. The molecule has 126 valence electrons. The Morgan fingerprint density at radius 1 is 1.35 bits per heavy atom. The van der Waals surface area contributed by atoms with E-state index in [1.54, 1.807) is 4.68 Å². The Balaban J connectivity index is 1.69. The Bertz CT molecular complexity index is 619. The second kappa shape index (κ2) is 7.49. The van der Waals surface area contributed by atoms with Gasteiger partial charge in [0.05, 0.1) is 5.69 Å². The topological polar surface area (TPSA) is 38.9 Å². The fourth-order valence-corrected chi connectivity index (χ4v) is 3.76. The van der Waals surface area contributed by atoms with Gasteiger partial charge in [0.2, 0.25) is 0 Å². The molecule has 1 aliphatic rings. The molecule has 2 aromatic rings. The molecule has 0 unspecified atom stereocenters. The van der Waals surface area contributed by atoms with Crippen LogP contribution < -0.4 is 0 Å². The van der Waals surface area contributed by atoms with Gasteiger partial charge in [-0.3, -0.25) is 14.3 Å². The lowest BCUT2D eigenvalue weighted by atomic mass is 9.98. The number of halogens is 1. The first-order valence-corrected chi connectivity index (χ1v) is 8.98. The van der Waals surface area contributed by atoms with Crippen molar-refractivity contribution in [3.05, 3.63) is 34.9 Å². The Hall–Kier alpha value is -1.33. The molecule has 3 heterocycles. The summed E-state index contributed by atoms with van der Waals surface area (Å²) in [5.74, 6) is 0. The third kappa shape index (κ3) is 3.78. The normalized spacial score (nSPS) is 19.3. The maximum absolute atomic E-state index is 6.48. The molecule has 0 radical (unpaired) electrons. The monoisotopic (exact) mass is 335 g/mol. The van der Waals surface area contributed by atoms with Crippen LogP contribution in [0.25, 0.3) is 0 Å². The van der Waals surface area contributed by atoms with Crippen LogP contribution in [0.15, 0.2) is 18.5 Å². The van der Waals surface area contributed by atoms with Crippen LogP contribution in [0.2, 0.25) is 5.15 Å². The van der Waals surface area contributed by atoms with Crippen molar-refractivity contribution >= 4 is 11.6 Å². The smallest absolute Gasteiger partial charge is 0.131 e. The second-order valence-electron chi connectivity index (χ2n) is 6.37. The lowest BCUT2D eigenvalue weighted by Crippen LogP contribution is -2.39. The number of aromatic nitrogens is 4. The van der Waals surface area contributed by atoms with E-state index in [0.29, 0.717) is 6.04 Å². The van der Waals surface area contributed by atoms with E-state index >= 15 is 0 Å². The first kappa shape index (κ1) is 16.5. The van der Waals surface area contributed by atoms with Gasteiger partial charge in [0, 0.05) is 44.1 Å². The van der Waals surface area contributed by atoms with Crippen molar-refractivity contribution in [3.63, 3.8) is 0 Å². The van der Waals surface area contributed by atoms with Gasteiger partial charge < -0.3 is 0 Å². The number of likely N-dealkylation sites (tertiary alicyclic amines) is 1. The van der Waals surface area contributed by atoms with Crippen LogP contribution in [0.4, 0.5) is 0 Å². The molecule has 5 nitrogen and oxygen atoms in total. The van der Waals surface area contributed by atoms with Crippen molar-refractivity contribution < 1.29 is 0 Å². The van der Waals surface area contributed by atoms with Crippen LogP contribution in [0.3, 0.4) is 0 Å². The maximum atomic E-state index is 6.48. The van der Waals surface area contributed by atoms with E-state index in [4.69, 9.17) is 11.6 Å². The third-order valence-corrected chi connectivity index (χ3v) is 5.32. The van der Waals surface area contributed by atoms with Crippen molar-refractivity contribution in [2.24, 2.45) is 7.05 Å². The molecule has 1 atom stereocenters. The van der Waals surface area contributed by atoms with Gasteiger partial charge in [0.1, 0.15) is 5.15 Å². The molecule has 0 spiro atoms. The van der Waals surface area contributed by atoms with Crippen LogP contribution in [0.5, 0.6) is 0 Å². The molecular formula is C17H26ClN5. The van der Waals surface area contributed by atoms with Crippen molar-refractivity contribution in [2.45, 2.75) is 58.2 Å².